The summed E-state index contributed by atoms with van der Waals surface area (Å²) in [4.78, 5) is 14.0. The third-order valence-corrected chi connectivity index (χ3v) is 3.37. The van der Waals surface area contributed by atoms with Crippen LogP contribution in [-0.4, -0.2) is 41.8 Å². The number of carbonyl (C=O) groups is 1. The van der Waals surface area contributed by atoms with E-state index < -0.39 is 11.7 Å². The van der Waals surface area contributed by atoms with Crippen LogP contribution in [-0.2, 0) is 4.74 Å². The number of hydrogen-bond acceptors (Lipinski definition) is 4. The van der Waals surface area contributed by atoms with Gasteiger partial charge in [-0.3, -0.25) is 5.43 Å². The molecule has 0 radical (unpaired) electrons. The second kappa shape index (κ2) is 5.45. The van der Waals surface area contributed by atoms with Crippen LogP contribution in [0.5, 0.6) is 0 Å². The maximum Gasteiger partial charge on any atom is 0.422 e. The fourth-order valence-corrected chi connectivity index (χ4v) is 2.31. The number of hydrogen-bond donors (Lipinski definition) is 2. The van der Waals surface area contributed by atoms with E-state index in [0.29, 0.717) is 6.04 Å². The zero-order valence-electron chi connectivity index (χ0n) is 11.7. The normalized spacial score (nSPS) is 22.8. The Labute approximate surface area is 109 Å². The molecule has 2 rings (SSSR count). The average molecular weight is 255 g/mol. The van der Waals surface area contributed by atoms with Crippen LogP contribution in [0.4, 0.5) is 4.79 Å². The van der Waals surface area contributed by atoms with Gasteiger partial charge < -0.3 is 9.64 Å². The minimum atomic E-state index is -0.443. The Morgan fingerprint density at radius 3 is 2.28 bits per heavy atom. The maximum absolute atomic E-state index is 11.5. The van der Waals surface area contributed by atoms with Gasteiger partial charge in [0, 0.05) is 12.1 Å². The minimum absolute atomic E-state index is 0.368. The van der Waals surface area contributed by atoms with Crippen LogP contribution in [0.1, 0.15) is 46.5 Å². The summed E-state index contributed by atoms with van der Waals surface area (Å²) in [7, 11) is 0. The van der Waals surface area contributed by atoms with Crippen LogP contribution in [0, 0.1) is 0 Å². The molecule has 1 aliphatic carbocycles. The molecule has 0 aromatic carbocycles. The first-order valence-electron chi connectivity index (χ1n) is 6.92. The van der Waals surface area contributed by atoms with E-state index >= 15 is 0 Å². The largest absolute Gasteiger partial charge is 0.443 e. The smallest absolute Gasteiger partial charge is 0.422 e. The summed E-state index contributed by atoms with van der Waals surface area (Å²) in [5, 5.41) is 0. The molecule has 0 unspecified atom stereocenters. The highest BCUT2D eigenvalue weighted by atomic mass is 16.6. The molecule has 1 amide bonds. The van der Waals surface area contributed by atoms with E-state index in [2.05, 4.69) is 15.8 Å². The molecular formula is C13H25N3O2. The first kappa shape index (κ1) is 13.6. The summed E-state index contributed by atoms with van der Waals surface area (Å²) in [6.07, 6.45) is 4.52. The van der Waals surface area contributed by atoms with Crippen LogP contribution in [0.2, 0.25) is 0 Å². The van der Waals surface area contributed by atoms with E-state index in [1.165, 1.54) is 12.8 Å². The van der Waals surface area contributed by atoms with E-state index in [-0.39, 0.29) is 0 Å². The highest BCUT2D eigenvalue weighted by molar-refractivity contribution is 5.67. The third-order valence-electron chi connectivity index (χ3n) is 3.37. The third kappa shape index (κ3) is 4.46. The van der Waals surface area contributed by atoms with Crippen molar-refractivity contribution in [2.45, 2.75) is 64.1 Å². The first-order chi connectivity index (χ1) is 8.44. The van der Waals surface area contributed by atoms with Crippen molar-refractivity contribution in [2.24, 2.45) is 0 Å². The quantitative estimate of drug-likeness (QED) is 0.753. The number of rotatable bonds is 3. The Bertz CT molecular complexity index is 289. The van der Waals surface area contributed by atoms with Gasteiger partial charge in [-0.1, -0.05) is 0 Å². The van der Waals surface area contributed by atoms with E-state index in [1.807, 2.05) is 20.8 Å². The molecule has 0 bridgehead atoms. The first-order valence-corrected chi connectivity index (χ1v) is 6.92. The van der Waals surface area contributed by atoms with Gasteiger partial charge in [-0.05, 0) is 59.5 Å². The predicted octanol–water partition coefficient (Wildman–Crippen LogP) is 1.64. The summed E-state index contributed by atoms with van der Waals surface area (Å²) in [5.41, 5.74) is 5.27. The zero-order valence-corrected chi connectivity index (χ0v) is 11.7. The van der Waals surface area contributed by atoms with Crippen LogP contribution in [0.15, 0.2) is 0 Å². The molecule has 0 spiro atoms. The molecule has 0 aromatic heterocycles. The van der Waals surface area contributed by atoms with Gasteiger partial charge in [-0.15, -0.1) is 0 Å². The van der Waals surface area contributed by atoms with Gasteiger partial charge in [0.25, 0.3) is 0 Å². The van der Waals surface area contributed by atoms with Crippen LogP contribution in [0.25, 0.3) is 0 Å². The number of likely N-dealkylation sites (tertiary alicyclic amines) is 1. The Morgan fingerprint density at radius 1 is 1.17 bits per heavy atom. The summed E-state index contributed by atoms with van der Waals surface area (Å²) in [5.74, 6) is 0. The molecule has 104 valence electrons. The summed E-state index contributed by atoms with van der Waals surface area (Å²) in [6.45, 7) is 7.86. The lowest BCUT2D eigenvalue weighted by molar-refractivity contribution is 0.0474. The van der Waals surface area contributed by atoms with Gasteiger partial charge in [-0.2, -0.15) is 0 Å². The molecule has 5 nitrogen and oxygen atoms in total. The lowest BCUT2D eigenvalue weighted by atomic mass is 10.1. The van der Waals surface area contributed by atoms with E-state index in [1.54, 1.807) is 0 Å². The Balaban J connectivity index is 1.61. The highest BCUT2D eigenvalue weighted by Crippen LogP contribution is 2.29. The molecule has 5 heteroatoms. The fraction of sp³-hybridized carbons (Fsp3) is 0.923. The second-order valence-electron chi connectivity index (χ2n) is 6.31. The Kier molecular flexibility index (Phi) is 4.12. The molecule has 1 saturated carbocycles. The lowest BCUT2D eigenvalue weighted by Crippen LogP contribution is -2.50. The van der Waals surface area contributed by atoms with Crippen molar-refractivity contribution < 1.29 is 9.53 Å². The zero-order chi connectivity index (χ0) is 13.2. The Hall–Kier alpha value is -0.810. The van der Waals surface area contributed by atoms with Gasteiger partial charge >= 0.3 is 6.09 Å². The Morgan fingerprint density at radius 2 is 1.78 bits per heavy atom. The van der Waals surface area contributed by atoms with Crippen molar-refractivity contribution in [1.29, 1.82) is 0 Å². The van der Waals surface area contributed by atoms with E-state index in [9.17, 15) is 4.79 Å². The molecule has 2 aliphatic rings. The molecule has 2 fully saturated rings. The molecule has 2 N–H and O–H groups in total. The van der Waals surface area contributed by atoms with Crippen molar-refractivity contribution in [3.05, 3.63) is 0 Å². The van der Waals surface area contributed by atoms with Crippen molar-refractivity contribution in [3.8, 4) is 0 Å². The summed E-state index contributed by atoms with van der Waals surface area (Å²) >= 11 is 0. The number of carbonyl (C=O) groups excluding carboxylic acids is 1. The molecular weight excluding hydrogens is 230 g/mol. The predicted molar refractivity (Wildman–Crippen MR) is 70.1 cm³/mol. The van der Waals surface area contributed by atoms with Crippen molar-refractivity contribution in [1.82, 2.24) is 15.8 Å². The van der Waals surface area contributed by atoms with Gasteiger partial charge in [0.1, 0.15) is 5.60 Å². The summed E-state index contributed by atoms with van der Waals surface area (Å²) in [6, 6.07) is 1.22. The fourth-order valence-electron chi connectivity index (χ4n) is 2.31. The van der Waals surface area contributed by atoms with Gasteiger partial charge in [0.05, 0.1) is 0 Å². The van der Waals surface area contributed by atoms with Gasteiger partial charge in [0.2, 0.25) is 0 Å². The van der Waals surface area contributed by atoms with Gasteiger partial charge in [0.15, 0.2) is 0 Å². The number of piperidine rings is 1. The standard InChI is InChI=1S/C13H25N3O2/c1-13(2,3)18-12(17)15-14-10-6-8-16(9-7-10)11-4-5-11/h10-11,14H,4-9H2,1-3H3,(H,15,17). The number of amides is 1. The molecule has 0 aromatic rings. The number of ether oxygens (including phenoxy) is 1. The van der Waals surface area contributed by atoms with Crippen molar-refractivity contribution in [3.63, 3.8) is 0 Å². The minimum Gasteiger partial charge on any atom is -0.443 e. The molecule has 1 saturated heterocycles. The monoisotopic (exact) mass is 255 g/mol. The van der Waals surface area contributed by atoms with E-state index in [4.69, 9.17) is 4.74 Å². The average Bonchev–Trinajstić information content (AvgIpc) is 3.08. The lowest BCUT2D eigenvalue weighted by Gasteiger charge is -2.32. The summed E-state index contributed by atoms with van der Waals surface area (Å²) < 4.78 is 5.18. The van der Waals surface area contributed by atoms with Gasteiger partial charge in [-0.25, -0.2) is 10.2 Å². The van der Waals surface area contributed by atoms with Crippen molar-refractivity contribution in [2.75, 3.05) is 13.1 Å². The number of nitrogens with zero attached hydrogens (tertiary/aromatic N) is 1. The van der Waals surface area contributed by atoms with Crippen LogP contribution < -0.4 is 10.9 Å². The molecule has 1 aliphatic heterocycles. The second-order valence-corrected chi connectivity index (χ2v) is 6.31. The van der Waals surface area contributed by atoms with Crippen LogP contribution >= 0.6 is 0 Å². The van der Waals surface area contributed by atoms with Crippen LogP contribution in [0.3, 0.4) is 0 Å². The topological polar surface area (TPSA) is 53.6 Å². The maximum atomic E-state index is 11.5. The highest BCUT2D eigenvalue weighted by Gasteiger charge is 2.31. The SMILES string of the molecule is CC(C)(C)OC(=O)NNC1CCN(C2CC2)CC1. The number of nitrogens with one attached hydrogen (secondary N) is 2. The number of hydrazine groups is 1. The molecule has 1 heterocycles. The van der Waals surface area contributed by atoms with E-state index in [0.717, 1.165) is 32.0 Å². The molecule has 0 atom stereocenters. The molecule has 18 heavy (non-hydrogen) atoms. The van der Waals surface area contributed by atoms with Crippen molar-refractivity contribution >= 4 is 6.09 Å².